The third-order valence-corrected chi connectivity index (χ3v) is 5.96. The molecule has 0 amide bonds. The van der Waals surface area contributed by atoms with Crippen molar-refractivity contribution in [1.82, 2.24) is 24.7 Å². The maximum atomic E-state index is 13.1. The highest BCUT2D eigenvalue weighted by atomic mass is 32.1. The van der Waals surface area contributed by atoms with Crippen molar-refractivity contribution in [3.05, 3.63) is 22.6 Å². The van der Waals surface area contributed by atoms with Gasteiger partial charge in [-0.3, -0.25) is 0 Å². The Balaban J connectivity index is 1.69. The van der Waals surface area contributed by atoms with Crippen molar-refractivity contribution in [1.29, 1.82) is 0 Å². The Morgan fingerprint density at radius 3 is 2.77 bits per heavy atom. The van der Waals surface area contributed by atoms with Crippen LogP contribution in [0.15, 0.2) is 6.07 Å². The standard InChI is InChI=1S/C17H20F3N7O2S/c1-2-10-5-11-13(22-16(23-14(11)30-10)21-6-9(29)8-28)26-3-4-27-12(7-26)24-25-15(27)17(18,19)20/h5,9,28-29H,2-4,6-8H2,1H3,(H,21,22,23). The molecule has 3 N–H and O–H groups in total. The lowest BCUT2D eigenvalue weighted by atomic mass is 10.2. The molecule has 0 saturated carbocycles. The summed E-state index contributed by atoms with van der Waals surface area (Å²) in [5.74, 6) is 0.0860. The van der Waals surface area contributed by atoms with Gasteiger partial charge >= 0.3 is 6.18 Å². The lowest BCUT2D eigenvalue weighted by Gasteiger charge is -2.29. The van der Waals surface area contributed by atoms with Gasteiger partial charge in [0.1, 0.15) is 10.6 Å². The van der Waals surface area contributed by atoms with Gasteiger partial charge in [-0.15, -0.1) is 21.5 Å². The quantitative estimate of drug-likeness (QED) is 0.527. The van der Waals surface area contributed by atoms with E-state index in [1.807, 2.05) is 17.9 Å². The fourth-order valence-corrected chi connectivity index (χ4v) is 4.23. The molecule has 0 radical (unpaired) electrons. The second-order valence-electron chi connectivity index (χ2n) is 6.88. The van der Waals surface area contributed by atoms with Gasteiger partial charge in [0.2, 0.25) is 11.8 Å². The van der Waals surface area contributed by atoms with Crippen molar-refractivity contribution in [3.8, 4) is 0 Å². The van der Waals surface area contributed by atoms with Crippen molar-refractivity contribution in [2.75, 3.05) is 29.9 Å². The molecular weight excluding hydrogens is 423 g/mol. The van der Waals surface area contributed by atoms with Crippen LogP contribution in [-0.4, -0.2) is 60.7 Å². The molecule has 9 nitrogen and oxygen atoms in total. The number of thiophene rings is 1. The largest absolute Gasteiger partial charge is 0.451 e. The van der Waals surface area contributed by atoms with E-state index in [1.165, 1.54) is 11.3 Å². The number of rotatable bonds is 6. The summed E-state index contributed by atoms with van der Waals surface area (Å²) < 4.78 is 40.4. The third kappa shape index (κ3) is 3.91. The number of aliphatic hydroxyl groups excluding tert-OH is 2. The van der Waals surface area contributed by atoms with Gasteiger partial charge in [0.15, 0.2) is 5.82 Å². The molecule has 1 atom stereocenters. The van der Waals surface area contributed by atoms with E-state index < -0.39 is 24.7 Å². The molecule has 0 aliphatic carbocycles. The maximum Gasteiger partial charge on any atom is 0.451 e. The predicted molar refractivity (Wildman–Crippen MR) is 104 cm³/mol. The number of hydrogen-bond donors (Lipinski definition) is 3. The van der Waals surface area contributed by atoms with Crippen LogP contribution in [0.2, 0.25) is 0 Å². The molecule has 3 aromatic rings. The average molecular weight is 443 g/mol. The number of nitrogens with one attached hydrogen (secondary N) is 1. The Morgan fingerprint density at radius 2 is 2.07 bits per heavy atom. The molecule has 0 aromatic carbocycles. The molecule has 4 heterocycles. The number of halogens is 3. The zero-order valence-electron chi connectivity index (χ0n) is 16.0. The second kappa shape index (κ2) is 7.96. The van der Waals surface area contributed by atoms with E-state index in [9.17, 15) is 18.3 Å². The molecule has 0 fully saturated rings. The number of aliphatic hydroxyl groups is 2. The summed E-state index contributed by atoms with van der Waals surface area (Å²) in [5, 5.41) is 29.3. The lowest BCUT2D eigenvalue weighted by Crippen LogP contribution is -2.36. The highest BCUT2D eigenvalue weighted by Crippen LogP contribution is 2.35. The van der Waals surface area contributed by atoms with Crippen LogP contribution in [0.4, 0.5) is 24.9 Å². The molecule has 30 heavy (non-hydrogen) atoms. The Morgan fingerprint density at radius 1 is 1.27 bits per heavy atom. The number of alkyl halides is 3. The number of aromatic nitrogens is 5. The molecule has 1 aliphatic rings. The summed E-state index contributed by atoms with van der Waals surface area (Å²) in [4.78, 5) is 12.7. The Bertz CT molecular complexity index is 1050. The van der Waals surface area contributed by atoms with Gasteiger partial charge in [-0.25, -0.2) is 4.98 Å². The molecule has 0 spiro atoms. The van der Waals surface area contributed by atoms with Crippen LogP contribution in [0.25, 0.3) is 10.2 Å². The normalized spacial score (nSPS) is 15.5. The first kappa shape index (κ1) is 20.8. The van der Waals surface area contributed by atoms with Gasteiger partial charge in [0.05, 0.1) is 24.6 Å². The van der Waals surface area contributed by atoms with Gasteiger partial charge in [0.25, 0.3) is 0 Å². The number of nitrogens with zero attached hydrogens (tertiary/aromatic N) is 6. The van der Waals surface area contributed by atoms with Crippen LogP contribution >= 0.6 is 11.3 Å². The van der Waals surface area contributed by atoms with Crippen molar-refractivity contribution in [2.24, 2.45) is 0 Å². The highest BCUT2D eigenvalue weighted by molar-refractivity contribution is 7.18. The summed E-state index contributed by atoms with van der Waals surface area (Å²) >= 11 is 1.51. The van der Waals surface area contributed by atoms with E-state index in [-0.39, 0.29) is 31.4 Å². The van der Waals surface area contributed by atoms with Crippen molar-refractivity contribution in [3.63, 3.8) is 0 Å². The summed E-state index contributed by atoms with van der Waals surface area (Å²) in [6.07, 6.45) is -4.70. The first-order valence-corrected chi connectivity index (χ1v) is 10.2. The zero-order chi connectivity index (χ0) is 21.5. The molecule has 0 bridgehead atoms. The average Bonchev–Trinajstić information content (AvgIpc) is 3.34. The van der Waals surface area contributed by atoms with Crippen molar-refractivity contribution < 1.29 is 23.4 Å². The molecule has 13 heteroatoms. The summed E-state index contributed by atoms with van der Waals surface area (Å²) in [6, 6.07) is 1.99. The van der Waals surface area contributed by atoms with Crippen molar-refractivity contribution in [2.45, 2.75) is 38.7 Å². The Kier molecular flexibility index (Phi) is 5.51. The highest BCUT2D eigenvalue weighted by Gasteiger charge is 2.39. The van der Waals surface area contributed by atoms with Crippen LogP contribution in [-0.2, 0) is 25.7 Å². The van der Waals surface area contributed by atoms with E-state index in [0.29, 0.717) is 12.4 Å². The van der Waals surface area contributed by atoms with Gasteiger partial charge in [0, 0.05) is 24.5 Å². The van der Waals surface area contributed by atoms with Gasteiger partial charge in [-0.2, -0.15) is 18.2 Å². The number of anilines is 2. The van der Waals surface area contributed by atoms with E-state index in [1.54, 1.807) is 0 Å². The molecular formula is C17H20F3N7O2S. The second-order valence-corrected chi connectivity index (χ2v) is 8.00. The van der Waals surface area contributed by atoms with E-state index in [4.69, 9.17) is 5.11 Å². The predicted octanol–water partition coefficient (Wildman–Crippen LogP) is 1.65. The van der Waals surface area contributed by atoms with Crippen LogP contribution in [0.1, 0.15) is 23.4 Å². The topological polar surface area (TPSA) is 112 Å². The SMILES string of the molecule is CCc1cc2c(N3CCn4c(nnc4C(F)(F)F)C3)nc(NCC(O)CO)nc2s1. The van der Waals surface area contributed by atoms with Gasteiger partial charge < -0.3 is 25.0 Å². The van der Waals surface area contributed by atoms with Gasteiger partial charge in [-0.05, 0) is 12.5 Å². The zero-order valence-corrected chi connectivity index (χ0v) is 16.8. The first-order chi connectivity index (χ1) is 14.3. The monoisotopic (exact) mass is 443 g/mol. The maximum absolute atomic E-state index is 13.1. The fraction of sp³-hybridized carbons (Fsp3) is 0.529. The molecule has 1 aliphatic heterocycles. The fourth-order valence-electron chi connectivity index (χ4n) is 3.27. The third-order valence-electron chi connectivity index (χ3n) is 4.78. The van der Waals surface area contributed by atoms with Gasteiger partial charge in [-0.1, -0.05) is 6.92 Å². The minimum atomic E-state index is -4.55. The van der Waals surface area contributed by atoms with Crippen LogP contribution in [0.5, 0.6) is 0 Å². The summed E-state index contributed by atoms with van der Waals surface area (Å²) in [5.41, 5.74) is 0. The molecule has 4 rings (SSSR count). The van der Waals surface area contributed by atoms with Crippen molar-refractivity contribution >= 4 is 33.3 Å². The minimum absolute atomic E-state index is 0.0662. The number of hydrogen-bond acceptors (Lipinski definition) is 9. The molecule has 162 valence electrons. The Hall–Kier alpha value is -2.51. The minimum Gasteiger partial charge on any atom is -0.394 e. The van der Waals surface area contributed by atoms with Crippen LogP contribution in [0.3, 0.4) is 0 Å². The van der Waals surface area contributed by atoms with Crippen LogP contribution < -0.4 is 10.2 Å². The van der Waals surface area contributed by atoms with E-state index >= 15 is 0 Å². The number of aryl methyl sites for hydroxylation is 1. The first-order valence-electron chi connectivity index (χ1n) is 9.37. The van der Waals surface area contributed by atoms with Crippen LogP contribution in [0, 0.1) is 0 Å². The summed E-state index contributed by atoms with van der Waals surface area (Å²) in [6.45, 7) is 2.21. The lowest BCUT2D eigenvalue weighted by molar-refractivity contribution is -0.147. The molecule has 0 saturated heterocycles. The van der Waals surface area contributed by atoms with E-state index in [2.05, 4.69) is 25.5 Å². The smallest absolute Gasteiger partial charge is 0.394 e. The Labute approximate surface area is 173 Å². The molecule has 3 aromatic heterocycles. The number of fused-ring (bicyclic) bond motifs is 2. The van der Waals surface area contributed by atoms with E-state index in [0.717, 1.165) is 26.1 Å². The molecule has 1 unspecified atom stereocenters. The summed E-state index contributed by atoms with van der Waals surface area (Å²) in [7, 11) is 0.